The van der Waals surface area contributed by atoms with E-state index < -0.39 is 0 Å². The number of benzene rings is 1. The van der Waals surface area contributed by atoms with Gasteiger partial charge in [-0.2, -0.15) is 10.1 Å². The van der Waals surface area contributed by atoms with Crippen LogP contribution >= 0.6 is 0 Å². The highest BCUT2D eigenvalue weighted by Gasteiger charge is 2.20. The Kier molecular flexibility index (Phi) is 4.37. The maximum atomic E-state index is 5.45. The van der Waals surface area contributed by atoms with E-state index in [1.54, 1.807) is 44.3 Å². The highest BCUT2D eigenvalue weighted by Crippen LogP contribution is 2.43. The summed E-state index contributed by atoms with van der Waals surface area (Å²) < 4.78 is 23.1. The Morgan fingerprint density at radius 2 is 1.88 bits per heavy atom. The zero-order valence-corrected chi connectivity index (χ0v) is 13.9. The molecule has 0 atom stereocenters. The summed E-state index contributed by atoms with van der Waals surface area (Å²) in [6.07, 6.45) is 3.68. The van der Waals surface area contributed by atoms with Gasteiger partial charge in [-0.1, -0.05) is 5.16 Å². The second kappa shape index (κ2) is 6.61. The van der Waals surface area contributed by atoms with Gasteiger partial charge in [-0.05, 0) is 24.6 Å². The molecule has 0 amide bonds. The van der Waals surface area contributed by atoms with Gasteiger partial charge in [0.05, 0.1) is 33.1 Å². The lowest BCUT2D eigenvalue weighted by Crippen LogP contribution is -2.00. The Hall–Kier alpha value is -3.03. The normalized spacial score (nSPS) is 10.7. The Balaban J connectivity index is 1.94. The summed E-state index contributed by atoms with van der Waals surface area (Å²) in [5.74, 6) is 2.39. The van der Waals surface area contributed by atoms with Crippen molar-refractivity contribution in [1.29, 1.82) is 0 Å². The fourth-order valence-electron chi connectivity index (χ4n) is 2.40. The molecule has 0 aliphatic carbocycles. The fraction of sp³-hybridized carbons (Fsp3) is 0.312. The van der Waals surface area contributed by atoms with Crippen molar-refractivity contribution in [2.24, 2.45) is 0 Å². The van der Waals surface area contributed by atoms with E-state index in [0.29, 0.717) is 41.1 Å². The molecule has 0 N–H and O–H groups in total. The van der Waals surface area contributed by atoms with Gasteiger partial charge in [0.2, 0.25) is 17.5 Å². The number of nitrogens with zero attached hydrogens (tertiary/aromatic N) is 4. The molecule has 1 aromatic carbocycles. The van der Waals surface area contributed by atoms with E-state index in [1.165, 1.54) is 0 Å². The second-order valence-electron chi connectivity index (χ2n) is 5.11. The van der Waals surface area contributed by atoms with Gasteiger partial charge in [-0.3, -0.25) is 4.68 Å². The summed E-state index contributed by atoms with van der Waals surface area (Å²) in [5, 5.41) is 8.23. The standard InChI is InChI=1S/C16H18N4O4/c1-10-7-17-20(8-10)9-13-18-16(19-24-13)11-5-6-12(21-2)15(23-4)14(11)22-3/h5-8H,9H2,1-4H3. The summed E-state index contributed by atoms with van der Waals surface area (Å²) in [7, 11) is 4.66. The number of aromatic nitrogens is 4. The highest BCUT2D eigenvalue weighted by atomic mass is 16.5. The van der Waals surface area contributed by atoms with E-state index in [2.05, 4.69) is 15.2 Å². The van der Waals surface area contributed by atoms with E-state index in [0.717, 1.165) is 5.56 Å². The molecule has 2 aromatic heterocycles. The van der Waals surface area contributed by atoms with Crippen molar-refractivity contribution in [1.82, 2.24) is 19.9 Å². The number of aryl methyl sites for hydroxylation is 1. The maximum Gasteiger partial charge on any atom is 0.248 e. The van der Waals surface area contributed by atoms with Crippen LogP contribution in [0.15, 0.2) is 29.0 Å². The van der Waals surface area contributed by atoms with Gasteiger partial charge in [0.15, 0.2) is 11.5 Å². The third-order valence-corrected chi connectivity index (χ3v) is 3.47. The van der Waals surface area contributed by atoms with Gasteiger partial charge in [0.25, 0.3) is 0 Å². The zero-order chi connectivity index (χ0) is 17.1. The van der Waals surface area contributed by atoms with E-state index in [-0.39, 0.29) is 0 Å². The smallest absolute Gasteiger partial charge is 0.248 e. The average Bonchev–Trinajstić information content (AvgIpc) is 3.22. The average molecular weight is 330 g/mol. The van der Waals surface area contributed by atoms with Crippen LogP contribution in [-0.2, 0) is 6.54 Å². The molecular formula is C16H18N4O4. The summed E-state index contributed by atoms with van der Waals surface area (Å²) in [6.45, 7) is 2.37. The lowest BCUT2D eigenvalue weighted by molar-refractivity contribution is 0.325. The molecule has 8 nitrogen and oxygen atoms in total. The molecule has 3 rings (SSSR count). The predicted octanol–water partition coefficient (Wildman–Crippen LogP) is 2.32. The van der Waals surface area contributed by atoms with Crippen molar-refractivity contribution in [2.45, 2.75) is 13.5 Å². The van der Waals surface area contributed by atoms with Crippen LogP contribution in [-0.4, -0.2) is 41.3 Å². The summed E-state index contributed by atoms with van der Waals surface area (Å²) in [4.78, 5) is 4.41. The Labute approximate surface area is 139 Å². The zero-order valence-electron chi connectivity index (χ0n) is 13.9. The molecule has 0 aliphatic heterocycles. The molecule has 126 valence electrons. The van der Waals surface area contributed by atoms with Gasteiger partial charge in [-0.15, -0.1) is 0 Å². The van der Waals surface area contributed by atoms with Gasteiger partial charge in [0, 0.05) is 6.20 Å². The van der Waals surface area contributed by atoms with Gasteiger partial charge in [0.1, 0.15) is 6.54 Å². The first kappa shape index (κ1) is 15.9. The van der Waals surface area contributed by atoms with Crippen LogP contribution in [0.1, 0.15) is 11.5 Å². The van der Waals surface area contributed by atoms with E-state index in [9.17, 15) is 0 Å². The third-order valence-electron chi connectivity index (χ3n) is 3.47. The van der Waals surface area contributed by atoms with Gasteiger partial charge >= 0.3 is 0 Å². The molecule has 0 aliphatic rings. The van der Waals surface area contributed by atoms with Crippen molar-refractivity contribution >= 4 is 0 Å². The molecular weight excluding hydrogens is 312 g/mol. The number of hydrogen-bond acceptors (Lipinski definition) is 7. The highest BCUT2D eigenvalue weighted by molar-refractivity contribution is 5.71. The van der Waals surface area contributed by atoms with Crippen LogP contribution in [0, 0.1) is 6.92 Å². The Bertz CT molecular complexity index is 840. The minimum absolute atomic E-state index is 0.399. The SMILES string of the molecule is COc1ccc(-c2noc(Cn3cc(C)cn3)n2)c(OC)c1OC. The first-order chi connectivity index (χ1) is 11.7. The minimum Gasteiger partial charge on any atom is -0.493 e. The van der Waals surface area contributed by atoms with E-state index in [1.807, 2.05) is 13.1 Å². The molecule has 0 saturated carbocycles. The third kappa shape index (κ3) is 2.90. The van der Waals surface area contributed by atoms with Gasteiger partial charge < -0.3 is 18.7 Å². The Morgan fingerprint density at radius 3 is 2.50 bits per heavy atom. The monoisotopic (exact) mass is 330 g/mol. The molecule has 8 heteroatoms. The first-order valence-corrected chi connectivity index (χ1v) is 7.27. The van der Waals surface area contributed by atoms with Crippen molar-refractivity contribution < 1.29 is 18.7 Å². The topological polar surface area (TPSA) is 84.4 Å². The predicted molar refractivity (Wildman–Crippen MR) is 85.5 cm³/mol. The van der Waals surface area contributed by atoms with Crippen molar-refractivity contribution in [3.8, 4) is 28.6 Å². The maximum absolute atomic E-state index is 5.45. The largest absolute Gasteiger partial charge is 0.493 e. The molecule has 0 saturated heterocycles. The number of hydrogen-bond donors (Lipinski definition) is 0. The summed E-state index contributed by atoms with van der Waals surface area (Å²) >= 11 is 0. The lowest BCUT2D eigenvalue weighted by atomic mass is 10.1. The number of ether oxygens (including phenoxy) is 3. The van der Waals surface area contributed by atoms with Crippen molar-refractivity contribution in [3.63, 3.8) is 0 Å². The van der Waals surface area contributed by atoms with Crippen LogP contribution in [0.2, 0.25) is 0 Å². The lowest BCUT2D eigenvalue weighted by Gasteiger charge is -2.13. The van der Waals surface area contributed by atoms with Crippen molar-refractivity contribution in [3.05, 3.63) is 36.0 Å². The molecule has 0 radical (unpaired) electrons. The minimum atomic E-state index is 0.399. The van der Waals surface area contributed by atoms with Gasteiger partial charge in [-0.25, -0.2) is 0 Å². The number of methoxy groups -OCH3 is 3. The first-order valence-electron chi connectivity index (χ1n) is 7.27. The molecule has 0 bridgehead atoms. The molecule has 0 spiro atoms. The molecule has 0 unspecified atom stereocenters. The molecule has 24 heavy (non-hydrogen) atoms. The van der Waals surface area contributed by atoms with Crippen LogP contribution in [0.4, 0.5) is 0 Å². The van der Waals surface area contributed by atoms with Crippen LogP contribution in [0.5, 0.6) is 17.2 Å². The number of rotatable bonds is 6. The van der Waals surface area contributed by atoms with Crippen LogP contribution < -0.4 is 14.2 Å². The summed E-state index contributed by atoms with van der Waals surface area (Å²) in [5.41, 5.74) is 1.72. The molecule has 2 heterocycles. The van der Waals surface area contributed by atoms with Crippen LogP contribution in [0.3, 0.4) is 0 Å². The summed E-state index contributed by atoms with van der Waals surface area (Å²) in [6, 6.07) is 3.57. The second-order valence-corrected chi connectivity index (χ2v) is 5.11. The van der Waals surface area contributed by atoms with E-state index >= 15 is 0 Å². The quantitative estimate of drug-likeness (QED) is 0.685. The molecule has 0 fully saturated rings. The molecule has 3 aromatic rings. The van der Waals surface area contributed by atoms with E-state index in [4.69, 9.17) is 18.7 Å². The Morgan fingerprint density at radius 1 is 1.08 bits per heavy atom. The van der Waals surface area contributed by atoms with Crippen LogP contribution in [0.25, 0.3) is 11.4 Å². The van der Waals surface area contributed by atoms with Crippen molar-refractivity contribution in [2.75, 3.05) is 21.3 Å². The fourth-order valence-corrected chi connectivity index (χ4v) is 2.40.